The molecule has 0 aliphatic rings. The second-order valence-corrected chi connectivity index (χ2v) is 8.62. The molecule has 1 N–H and O–H groups in total. The Kier molecular flexibility index (Phi) is 5.55. The molecule has 26 heavy (non-hydrogen) atoms. The van der Waals surface area contributed by atoms with Crippen LogP contribution in [0, 0.1) is 0 Å². The van der Waals surface area contributed by atoms with E-state index in [4.69, 9.17) is 0 Å². The van der Waals surface area contributed by atoms with E-state index in [0.29, 0.717) is 23.7 Å². The Labute approximate surface area is 154 Å². The van der Waals surface area contributed by atoms with Gasteiger partial charge in [-0.3, -0.25) is 4.79 Å². The average molecular weight is 391 g/mol. The van der Waals surface area contributed by atoms with Crippen LogP contribution < -0.4 is 4.72 Å². The quantitative estimate of drug-likeness (QED) is 0.581. The molecule has 8 nitrogen and oxygen atoms in total. The van der Waals surface area contributed by atoms with E-state index >= 15 is 0 Å². The number of aromatic nitrogens is 4. The van der Waals surface area contributed by atoms with Crippen LogP contribution in [0.1, 0.15) is 14.5 Å². The first-order chi connectivity index (χ1) is 12.4. The van der Waals surface area contributed by atoms with Crippen molar-refractivity contribution in [2.75, 3.05) is 12.8 Å². The Morgan fingerprint density at radius 1 is 1.19 bits per heavy atom. The number of nitrogens with one attached hydrogen (secondary N) is 1. The summed E-state index contributed by atoms with van der Waals surface area (Å²) >= 11 is 1.34. The molecule has 0 bridgehead atoms. The fraction of sp³-hybridized carbons (Fsp3) is 0.250. The number of ketones is 1. The van der Waals surface area contributed by atoms with Crippen LogP contribution in [0.5, 0.6) is 0 Å². The van der Waals surface area contributed by atoms with Gasteiger partial charge in [0.2, 0.25) is 15.8 Å². The molecule has 2 heterocycles. The van der Waals surface area contributed by atoms with E-state index in [0.717, 1.165) is 16.7 Å². The van der Waals surface area contributed by atoms with Crippen LogP contribution in [0.3, 0.4) is 0 Å². The van der Waals surface area contributed by atoms with Crippen molar-refractivity contribution < 1.29 is 13.2 Å². The van der Waals surface area contributed by atoms with Crippen molar-refractivity contribution in [1.82, 2.24) is 24.9 Å². The normalized spacial score (nSPS) is 11.6. The summed E-state index contributed by atoms with van der Waals surface area (Å²) in [6.45, 7) is 0.305. The third kappa shape index (κ3) is 5.04. The predicted molar refractivity (Wildman–Crippen MR) is 98.5 cm³/mol. The fourth-order valence-corrected chi connectivity index (χ4v) is 3.65. The Bertz CT molecular complexity index is 996. The van der Waals surface area contributed by atoms with Gasteiger partial charge in [-0.25, -0.2) is 13.1 Å². The molecule has 0 amide bonds. The SMILES string of the molecule is CS(=O)(=O)NCCc1ccc(C(=O)Cn2nnc(-c3ccccc3)n2)s1. The Morgan fingerprint density at radius 2 is 1.96 bits per heavy atom. The Balaban J connectivity index is 1.60. The van der Waals surface area contributed by atoms with Crippen LogP contribution in [0.25, 0.3) is 11.4 Å². The third-order valence-corrected chi connectivity index (χ3v) is 5.36. The van der Waals surface area contributed by atoms with Crippen LogP contribution in [0.15, 0.2) is 42.5 Å². The Hall–Kier alpha value is -2.43. The minimum atomic E-state index is -3.20. The van der Waals surface area contributed by atoms with E-state index in [2.05, 4.69) is 20.1 Å². The monoisotopic (exact) mass is 391 g/mol. The topological polar surface area (TPSA) is 107 Å². The van der Waals surface area contributed by atoms with Gasteiger partial charge in [0.05, 0.1) is 11.1 Å². The summed E-state index contributed by atoms with van der Waals surface area (Å²) in [4.78, 5) is 15.2. The summed E-state index contributed by atoms with van der Waals surface area (Å²) in [7, 11) is -3.20. The second kappa shape index (κ2) is 7.85. The number of hydrogen-bond donors (Lipinski definition) is 1. The average Bonchev–Trinajstić information content (AvgIpc) is 3.24. The van der Waals surface area contributed by atoms with E-state index < -0.39 is 10.0 Å². The molecule has 0 unspecified atom stereocenters. The predicted octanol–water partition coefficient (Wildman–Crippen LogP) is 1.38. The zero-order valence-corrected chi connectivity index (χ0v) is 15.6. The summed E-state index contributed by atoms with van der Waals surface area (Å²) in [5.41, 5.74) is 0.836. The van der Waals surface area contributed by atoms with Crippen molar-refractivity contribution in [2.45, 2.75) is 13.0 Å². The smallest absolute Gasteiger partial charge is 0.208 e. The second-order valence-electron chi connectivity index (χ2n) is 5.62. The molecule has 0 radical (unpaired) electrons. The standard InChI is InChI=1S/C16H17N5O3S2/c1-26(23,24)17-10-9-13-7-8-15(25-13)14(22)11-21-19-16(18-20-21)12-5-3-2-4-6-12/h2-8,17H,9-11H2,1H3. The van der Waals surface area contributed by atoms with E-state index in [1.807, 2.05) is 36.4 Å². The van der Waals surface area contributed by atoms with Crippen LogP contribution in [0.2, 0.25) is 0 Å². The molecule has 3 aromatic rings. The zero-order chi connectivity index (χ0) is 18.6. The number of hydrogen-bond acceptors (Lipinski definition) is 7. The van der Waals surface area contributed by atoms with Gasteiger partial charge in [0.15, 0.2) is 5.78 Å². The molecule has 0 aliphatic carbocycles. The first-order valence-electron chi connectivity index (χ1n) is 7.80. The van der Waals surface area contributed by atoms with Gasteiger partial charge in [0, 0.05) is 17.0 Å². The van der Waals surface area contributed by atoms with Gasteiger partial charge < -0.3 is 0 Å². The lowest BCUT2D eigenvalue weighted by molar-refractivity contribution is 0.0965. The molecule has 3 rings (SSSR count). The van der Waals surface area contributed by atoms with E-state index in [-0.39, 0.29) is 12.3 Å². The molecule has 136 valence electrons. The van der Waals surface area contributed by atoms with E-state index in [1.54, 1.807) is 6.07 Å². The molecule has 0 fully saturated rings. The van der Waals surface area contributed by atoms with Gasteiger partial charge in [-0.2, -0.15) is 4.80 Å². The summed E-state index contributed by atoms with van der Waals surface area (Å²) in [5.74, 6) is 0.353. The Morgan fingerprint density at radius 3 is 2.69 bits per heavy atom. The van der Waals surface area contributed by atoms with Gasteiger partial charge in [-0.1, -0.05) is 30.3 Å². The van der Waals surface area contributed by atoms with Gasteiger partial charge in [0.1, 0.15) is 6.54 Å². The number of carbonyl (C=O) groups excluding carboxylic acids is 1. The molecule has 0 atom stereocenters. The summed E-state index contributed by atoms with van der Waals surface area (Å²) in [6, 6.07) is 13.0. The van der Waals surface area contributed by atoms with Crippen LogP contribution in [-0.2, 0) is 23.0 Å². The number of rotatable bonds is 8. The van der Waals surface area contributed by atoms with Gasteiger partial charge in [0.25, 0.3) is 0 Å². The maximum absolute atomic E-state index is 12.4. The highest BCUT2D eigenvalue weighted by molar-refractivity contribution is 7.88. The van der Waals surface area contributed by atoms with E-state index in [1.165, 1.54) is 16.1 Å². The number of benzene rings is 1. The lowest BCUT2D eigenvalue weighted by Crippen LogP contribution is -2.24. The zero-order valence-electron chi connectivity index (χ0n) is 14.0. The van der Waals surface area contributed by atoms with Crippen molar-refractivity contribution >= 4 is 27.1 Å². The van der Waals surface area contributed by atoms with Crippen molar-refractivity contribution in [3.63, 3.8) is 0 Å². The molecule has 10 heteroatoms. The first-order valence-corrected chi connectivity index (χ1v) is 10.5. The van der Waals surface area contributed by atoms with Crippen molar-refractivity contribution in [3.8, 4) is 11.4 Å². The van der Waals surface area contributed by atoms with Crippen molar-refractivity contribution in [2.24, 2.45) is 0 Å². The number of sulfonamides is 1. The van der Waals surface area contributed by atoms with Gasteiger partial charge in [-0.15, -0.1) is 21.5 Å². The largest absolute Gasteiger partial charge is 0.291 e. The number of carbonyl (C=O) groups is 1. The van der Waals surface area contributed by atoms with Gasteiger partial charge in [-0.05, 0) is 23.8 Å². The summed E-state index contributed by atoms with van der Waals surface area (Å²) < 4.78 is 24.5. The number of nitrogens with zero attached hydrogens (tertiary/aromatic N) is 4. The van der Waals surface area contributed by atoms with Crippen molar-refractivity contribution in [1.29, 1.82) is 0 Å². The van der Waals surface area contributed by atoms with Crippen LogP contribution in [0.4, 0.5) is 0 Å². The molecule has 0 saturated carbocycles. The first kappa shape index (κ1) is 18.4. The highest BCUT2D eigenvalue weighted by atomic mass is 32.2. The maximum atomic E-state index is 12.4. The minimum absolute atomic E-state index is 0.00137. The highest BCUT2D eigenvalue weighted by Gasteiger charge is 2.13. The van der Waals surface area contributed by atoms with E-state index in [9.17, 15) is 13.2 Å². The van der Waals surface area contributed by atoms with Crippen molar-refractivity contribution in [3.05, 3.63) is 52.2 Å². The summed E-state index contributed by atoms with van der Waals surface area (Å²) in [6.07, 6.45) is 1.65. The van der Waals surface area contributed by atoms with Crippen LogP contribution >= 0.6 is 11.3 Å². The molecule has 1 aromatic carbocycles. The molecule has 0 aliphatic heterocycles. The molecular weight excluding hydrogens is 374 g/mol. The number of thiophene rings is 1. The number of tetrazole rings is 1. The maximum Gasteiger partial charge on any atom is 0.208 e. The molecule has 0 saturated heterocycles. The number of Topliss-reactive ketones (excluding diaryl/α,β-unsaturated/α-hetero) is 1. The minimum Gasteiger partial charge on any atom is -0.291 e. The highest BCUT2D eigenvalue weighted by Crippen LogP contribution is 2.18. The van der Waals surface area contributed by atoms with Crippen LogP contribution in [-0.4, -0.2) is 47.2 Å². The molecule has 2 aromatic heterocycles. The summed E-state index contributed by atoms with van der Waals surface area (Å²) in [5, 5.41) is 12.1. The molecule has 0 spiro atoms. The van der Waals surface area contributed by atoms with Gasteiger partial charge >= 0.3 is 0 Å². The fourth-order valence-electron chi connectivity index (χ4n) is 2.24. The third-order valence-electron chi connectivity index (χ3n) is 3.44. The lowest BCUT2D eigenvalue weighted by Gasteiger charge is -1.99. The lowest BCUT2D eigenvalue weighted by atomic mass is 10.2. The molecular formula is C16H17N5O3S2.